The van der Waals surface area contributed by atoms with Gasteiger partial charge >= 0.3 is 0 Å². The van der Waals surface area contributed by atoms with Crippen LogP contribution in [0.5, 0.6) is 5.75 Å². The lowest BCUT2D eigenvalue weighted by Gasteiger charge is -2.27. The van der Waals surface area contributed by atoms with Crippen molar-refractivity contribution >= 4 is 11.4 Å². The number of nitrogens with two attached hydrogens (primary N) is 1. The molecule has 1 fully saturated rings. The third-order valence-electron chi connectivity index (χ3n) is 3.98. The molecule has 0 atom stereocenters. The standard InChI is InChI=1S/C15H24N2O2/c1-2-19-14-9-12(5-6-13(14)16)17-10-15(11-18)7-3-4-8-15/h5-6,9,17-18H,2-4,7-8,10-11,16H2,1H3. The SMILES string of the molecule is CCOc1cc(NCC2(CO)CCCC2)ccc1N. The molecule has 1 aromatic carbocycles. The van der Waals surface area contributed by atoms with E-state index >= 15 is 0 Å². The Morgan fingerprint density at radius 3 is 2.74 bits per heavy atom. The average Bonchev–Trinajstić information content (AvgIpc) is 2.89. The lowest BCUT2D eigenvalue weighted by Crippen LogP contribution is -2.30. The Hall–Kier alpha value is -1.42. The van der Waals surface area contributed by atoms with Gasteiger partial charge in [-0.05, 0) is 31.9 Å². The summed E-state index contributed by atoms with van der Waals surface area (Å²) < 4.78 is 5.49. The van der Waals surface area contributed by atoms with E-state index in [1.165, 1.54) is 12.8 Å². The third-order valence-corrected chi connectivity index (χ3v) is 3.98. The number of anilines is 2. The van der Waals surface area contributed by atoms with Crippen molar-refractivity contribution < 1.29 is 9.84 Å². The van der Waals surface area contributed by atoms with Crippen LogP contribution >= 0.6 is 0 Å². The van der Waals surface area contributed by atoms with Gasteiger partial charge in [-0.25, -0.2) is 0 Å². The lowest BCUT2D eigenvalue weighted by molar-refractivity contribution is 0.142. The number of benzene rings is 1. The van der Waals surface area contributed by atoms with Crippen molar-refractivity contribution in [2.75, 3.05) is 30.8 Å². The van der Waals surface area contributed by atoms with Crippen LogP contribution in [0.4, 0.5) is 11.4 Å². The van der Waals surface area contributed by atoms with Crippen molar-refractivity contribution in [3.05, 3.63) is 18.2 Å². The molecule has 0 unspecified atom stereocenters. The minimum atomic E-state index is 0.0488. The molecule has 0 saturated heterocycles. The number of ether oxygens (including phenoxy) is 1. The number of aliphatic hydroxyl groups excluding tert-OH is 1. The van der Waals surface area contributed by atoms with Gasteiger partial charge in [0.1, 0.15) is 5.75 Å². The summed E-state index contributed by atoms with van der Waals surface area (Å²) in [4.78, 5) is 0. The van der Waals surface area contributed by atoms with Crippen molar-refractivity contribution in [3.63, 3.8) is 0 Å². The molecule has 1 aromatic rings. The number of nitrogens with one attached hydrogen (secondary N) is 1. The minimum Gasteiger partial charge on any atom is -0.492 e. The van der Waals surface area contributed by atoms with E-state index in [9.17, 15) is 5.11 Å². The molecule has 1 saturated carbocycles. The fourth-order valence-electron chi connectivity index (χ4n) is 2.73. The molecule has 4 heteroatoms. The van der Waals surface area contributed by atoms with Crippen LogP contribution in [0.1, 0.15) is 32.6 Å². The van der Waals surface area contributed by atoms with E-state index in [2.05, 4.69) is 5.32 Å². The van der Waals surface area contributed by atoms with Gasteiger partial charge < -0.3 is 20.9 Å². The van der Waals surface area contributed by atoms with Crippen LogP contribution < -0.4 is 15.8 Å². The van der Waals surface area contributed by atoms with Gasteiger partial charge in [-0.1, -0.05) is 12.8 Å². The van der Waals surface area contributed by atoms with Gasteiger partial charge in [0.05, 0.1) is 18.9 Å². The van der Waals surface area contributed by atoms with E-state index in [4.69, 9.17) is 10.5 Å². The zero-order chi connectivity index (χ0) is 13.7. The first-order chi connectivity index (χ1) is 9.19. The second-order valence-electron chi connectivity index (χ2n) is 5.40. The molecule has 4 nitrogen and oxygen atoms in total. The van der Waals surface area contributed by atoms with Crippen molar-refractivity contribution in [2.45, 2.75) is 32.6 Å². The second-order valence-corrected chi connectivity index (χ2v) is 5.40. The average molecular weight is 264 g/mol. The maximum atomic E-state index is 9.59. The van der Waals surface area contributed by atoms with Crippen LogP contribution in [0.2, 0.25) is 0 Å². The molecule has 0 aromatic heterocycles. The summed E-state index contributed by atoms with van der Waals surface area (Å²) in [5.74, 6) is 0.719. The summed E-state index contributed by atoms with van der Waals surface area (Å²) >= 11 is 0. The Balaban J connectivity index is 2.01. The monoisotopic (exact) mass is 264 g/mol. The molecule has 4 N–H and O–H groups in total. The molecule has 19 heavy (non-hydrogen) atoms. The maximum absolute atomic E-state index is 9.59. The van der Waals surface area contributed by atoms with Gasteiger partial charge in [-0.2, -0.15) is 0 Å². The highest BCUT2D eigenvalue weighted by Gasteiger charge is 2.32. The van der Waals surface area contributed by atoms with E-state index in [-0.39, 0.29) is 12.0 Å². The van der Waals surface area contributed by atoms with Crippen LogP contribution in [0.3, 0.4) is 0 Å². The van der Waals surface area contributed by atoms with E-state index in [0.29, 0.717) is 12.3 Å². The summed E-state index contributed by atoms with van der Waals surface area (Å²) in [5.41, 5.74) is 7.56. The molecule has 0 amide bonds. The fraction of sp³-hybridized carbons (Fsp3) is 0.600. The predicted molar refractivity (Wildman–Crippen MR) is 78.5 cm³/mol. The molecule has 0 spiro atoms. The Morgan fingerprint density at radius 1 is 1.37 bits per heavy atom. The molecular weight excluding hydrogens is 240 g/mol. The zero-order valence-electron chi connectivity index (χ0n) is 11.6. The molecule has 2 rings (SSSR count). The molecule has 0 heterocycles. The van der Waals surface area contributed by atoms with Gasteiger partial charge in [0, 0.05) is 23.7 Å². The molecular formula is C15H24N2O2. The quantitative estimate of drug-likeness (QED) is 0.691. The van der Waals surface area contributed by atoms with Crippen LogP contribution in [0, 0.1) is 5.41 Å². The molecule has 1 aliphatic rings. The molecule has 106 valence electrons. The zero-order valence-corrected chi connectivity index (χ0v) is 11.6. The van der Waals surface area contributed by atoms with E-state index in [1.54, 1.807) is 0 Å². The van der Waals surface area contributed by atoms with Crippen LogP contribution in [-0.4, -0.2) is 24.9 Å². The summed E-state index contributed by atoms with van der Waals surface area (Å²) in [7, 11) is 0. The normalized spacial score (nSPS) is 17.4. The first-order valence-corrected chi connectivity index (χ1v) is 7.06. The van der Waals surface area contributed by atoms with Crippen molar-refractivity contribution in [1.29, 1.82) is 0 Å². The highest BCUT2D eigenvalue weighted by atomic mass is 16.5. The van der Waals surface area contributed by atoms with Gasteiger partial charge in [0.15, 0.2) is 0 Å². The van der Waals surface area contributed by atoms with Gasteiger partial charge in [-0.15, -0.1) is 0 Å². The summed E-state index contributed by atoms with van der Waals surface area (Å²) in [5, 5.41) is 13.0. The van der Waals surface area contributed by atoms with Crippen molar-refractivity contribution in [2.24, 2.45) is 5.41 Å². The van der Waals surface area contributed by atoms with Gasteiger partial charge in [0.25, 0.3) is 0 Å². The fourth-order valence-corrected chi connectivity index (χ4v) is 2.73. The van der Waals surface area contributed by atoms with Crippen molar-refractivity contribution in [3.8, 4) is 5.75 Å². The highest BCUT2D eigenvalue weighted by molar-refractivity contribution is 5.61. The Labute approximate surface area is 115 Å². The Kier molecular flexibility index (Phi) is 4.53. The Morgan fingerprint density at radius 2 is 2.11 bits per heavy atom. The molecule has 0 aliphatic heterocycles. The highest BCUT2D eigenvalue weighted by Crippen LogP contribution is 2.38. The summed E-state index contributed by atoms with van der Waals surface area (Å²) in [6.07, 6.45) is 4.63. The first kappa shape index (κ1) is 14.0. The smallest absolute Gasteiger partial charge is 0.144 e. The third kappa shape index (κ3) is 3.32. The predicted octanol–water partition coefficient (Wildman–Crippen LogP) is 2.63. The summed E-state index contributed by atoms with van der Waals surface area (Å²) in [6, 6.07) is 5.74. The number of nitrogen functional groups attached to an aromatic ring is 1. The lowest BCUT2D eigenvalue weighted by atomic mass is 9.87. The molecule has 0 bridgehead atoms. The van der Waals surface area contributed by atoms with E-state index in [0.717, 1.165) is 30.8 Å². The largest absolute Gasteiger partial charge is 0.492 e. The number of rotatable bonds is 6. The topological polar surface area (TPSA) is 67.5 Å². The number of aliphatic hydroxyl groups is 1. The van der Waals surface area contributed by atoms with E-state index in [1.807, 2.05) is 25.1 Å². The number of hydrogen-bond acceptors (Lipinski definition) is 4. The van der Waals surface area contributed by atoms with Gasteiger partial charge in [-0.3, -0.25) is 0 Å². The van der Waals surface area contributed by atoms with Crippen LogP contribution in [-0.2, 0) is 0 Å². The number of hydrogen-bond donors (Lipinski definition) is 3. The Bertz CT molecular complexity index is 415. The van der Waals surface area contributed by atoms with E-state index < -0.39 is 0 Å². The van der Waals surface area contributed by atoms with Gasteiger partial charge in [0.2, 0.25) is 0 Å². The van der Waals surface area contributed by atoms with Crippen LogP contribution in [0.15, 0.2) is 18.2 Å². The molecule has 1 aliphatic carbocycles. The maximum Gasteiger partial charge on any atom is 0.144 e. The van der Waals surface area contributed by atoms with Crippen molar-refractivity contribution in [1.82, 2.24) is 0 Å². The van der Waals surface area contributed by atoms with Crippen LogP contribution in [0.25, 0.3) is 0 Å². The summed E-state index contributed by atoms with van der Waals surface area (Å²) in [6.45, 7) is 3.61. The minimum absolute atomic E-state index is 0.0488. The molecule has 0 radical (unpaired) electrons. The second kappa shape index (κ2) is 6.15. The first-order valence-electron chi connectivity index (χ1n) is 7.06.